The van der Waals surface area contributed by atoms with Crippen LogP contribution in [-0.4, -0.2) is 54.3 Å². The average molecular weight is 434 g/mol. The smallest absolute Gasteiger partial charge is 0.251 e. The molecule has 2 amide bonds. The van der Waals surface area contributed by atoms with Crippen molar-refractivity contribution in [1.82, 2.24) is 15.1 Å². The number of carbonyl (C=O) groups excluding carboxylic acids is 2. The van der Waals surface area contributed by atoms with Crippen molar-refractivity contribution in [2.75, 3.05) is 32.7 Å². The Kier molecular flexibility index (Phi) is 7.12. The maximum absolute atomic E-state index is 13.9. The van der Waals surface area contributed by atoms with E-state index in [1.54, 1.807) is 18.2 Å². The number of halogens is 1. The molecule has 0 radical (unpaired) electrons. The lowest BCUT2D eigenvalue weighted by molar-refractivity contribution is -0.130. The molecule has 0 saturated carbocycles. The highest BCUT2D eigenvalue weighted by Gasteiger charge is 2.20. The van der Waals surface area contributed by atoms with Crippen LogP contribution >= 0.6 is 0 Å². The van der Waals surface area contributed by atoms with E-state index in [2.05, 4.69) is 10.2 Å². The molecule has 0 spiro atoms. The van der Waals surface area contributed by atoms with E-state index in [1.165, 1.54) is 6.07 Å². The molecule has 0 unspecified atom stereocenters. The van der Waals surface area contributed by atoms with Crippen LogP contribution in [0.15, 0.2) is 66.7 Å². The highest BCUT2D eigenvalue weighted by molar-refractivity contribution is 5.98. The molecule has 166 valence electrons. The number of hydrogen-bond acceptors (Lipinski definition) is 3. The molecule has 1 saturated heterocycles. The fraction of sp³-hybridized carbons (Fsp3) is 0.308. The normalized spacial score (nSPS) is 14.8. The van der Waals surface area contributed by atoms with Gasteiger partial charge in [0, 0.05) is 56.8 Å². The first-order chi connectivity index (χ1) is 15.6. The molecule has 0 aromatic heterocycles. The Morgan fingerprint density at radius 1 is 0.875 bits per heavy atom. The molecule has 0 bridgehead atoms. The van der Waals surface area contributed by atoms with E-state index in [0.717, 1.165) is 23.7 Å². The van der Waals surface area contributed by atoms with Crippen LogP contribution in [-0.2, 0) is 11.3 Å². The average Bonchev–Trinajstić information content (AvgIpc) is 3.06. The molecular formula is C26H28FN3O2. The SMILES string of the molecule is O=C(NCCC(=O)N1CCCN(Cc2ccccc2F)CC1)c1ccc2ccccc2c1. The zero-order valence-corrected chi connectivity index (χ0v) is 18.1. The Bertz CT molecular complexity index is 1100. The Balaban J connectivity index is 1.24. The monoisotopic (exact) mass is 433 g/mol. The summed E-state index contributed by atoms with van der Waals surface area (Å²) in [5, 5.41) is 4.96. The number of nitrogens with zero attached hydrogens (tertiary/aromatic N) is 2. The van der Waals surface area contributed by atoms with Crippen molar-refractivity contribution in [3.05, 3.63) is 83.7 Å². The lowest BCUT2D eigenvalue weighted by Gasteiger charge is -2.22. The summed E-state index contributed by atoms with van der Waals surface area (Å²) in [4.78, 5) is 29.2. The molecule has 1 fully saturated rings. The molecule has 0 aliphatic carbocycles. The second kappa shape index (κ2) is 10.4. The van der Waals surface area contributed by atoms with Crippen LogP contribution in [0.5, 0.6) is 0 Å². The van der Waals surface area contributed by atoms with Crippen molar-refractivity contribution in [2.24, 2.45) is 0 Å². The zero-order chi connectivity index (χ0) is 22.3. The van der Waals surface area contributed by atoms with Crippen molar-refractivity contribution >= 4 is 22.6 Å². The van der Waals surface area contributed by atoms with Crippen LogP contribution in [0.2, 0.25) is 0 Å². The van der Waals surface area contributed by atoms with Crippen molar-refractivity contribution in [3.63, 3.8) is 0 Å². The summed E-state index contributed by atoms with van der Waals surface area (Å²) in [5.74, 6) is -0.320. The van der Waals surface area contributed by atoms with Crippen LogP contribution in [0.4, 0.5) is 4.39 Å². The van der Waals surface area contributed by atoms with Gasteiger partial charge in [-0.25, -0.2) is 4.39 Å². The van der Waals surface area contributed by atoms with Crippen LogP contribution in [0.1, 0.15) is 28.8 Å². The molecule has 5 nitrogen and oxygen atoms in total. The van der Waals surface area contributed by atoms with Gasteiger partial charge in [0.05, 0.1) is 0 Å². The lowest BCUT2D eigenvalue weighted by Crippen LogP contribution is -2.37. The Labute approximate surface area is 187 Å². The van der Waals surface area contributed by atoms with Gasteiger partial charge in [0.2, 0.25) is 5.91 Å². The fourth-order valence-electron chi connectivity index (χ4n) is 4.12. The van der Waals surface area contributed by atoms with Gasteiger partial charge in [-0.2, -0.15) is 0 Å². The molecule has 32 heavy (non-hydrogen) atoms. The van der Waals surface area contributed by atoms with E-state index in [-0.39, 0.29) is 24.1 Å². The van der Waals surface area contributed by atoms with Gasteiger partial charge in [-0.15, -0.1) is 0 Å². The standard InChI is InChI=1S/C26H28FN3O2/c27-24-9-4-3-8-23(24)19-29-14-5-15-30(17-16-29)25(31)12-13-28-26(32)22-11-10-20-6-1-2-7-21(20)18-22/h1-4,6-11,18H,5,12-17,19H2,(H,28,32). The Morgan fingerprint density at radius 2 is 1.66 bits per heavy atom. The molecule has 1 N–H and O–H groups in total. The predicted octanol–water partition coefficient (Wildman–Crippen LogP) is 3.83. The molecule has 1 aliphatic heterocycles. The largest absolute Gasteiger partial charge is 0.352 e. The zero-order valence-electron chi connectivity index (χ0n) is 18.1. The van der Waals surface area contributed by atoms with E-state index >= 15 is 0 Å². The van der Waals surface area contributed by atoms with Gasteiger partial charge in [0.25, 0.3) is 5.91 Å². The van der Waals surface area contributed by atoms with Gasteiger partial charge in [-0.3, -0.25) is 14.5 Å². The van der Waals surface area contributed by atoms with Gasteiger partial charge < -0.3 is 10.2 Å². The minimum absolute atomic E-state index is 0.0385. The molecule has 3 aromatic carbocycles. The van der Waals surface area contributed by atoms with Crippen molar-refractivity contribution in [1.29, 1.82) is 0 Å². The minimum Gasteiger partial charge on any atom is -0.352 e. The molecule has 1 heterocycles. The number of amides is 2. The number of fused-ring (bicyclic) bond motifs is 1. The second-order valence-corrected chi connectivity index (χ2v) is 8.17. The van der Waals surface area contributed by atoms with Crippen LogP contribution in [0.3, 0.4) is 0 Å². The van der Waals surface area contributed by atoms with Gasteiger partial charge in [-0.1, -0.05) is 48.5 Å². The summed E-state index contributed by atoms with van der Waals surface area (Å²) in [7, 11) is 0. The summed E-state index contributed by atoms with van der Waals surface area (Å²) in [5.41, 5.74) is 1.28. The molecular weight excluding hydrogens is 405 g/mol. The van der Waals surface area contributed by atoms with Gasteiger partial charge >= 0.3 is 0 Å². The maximum Gasteiger partial charge on any atom is 0.251 e. The third-order valence-corrected chi connectivity index (χ3v) is 5.93. The van der Waals surface area contributed by atoms with Gasteiger partial charge in [-0.05, 0) is 35.4 Å². The summed E-state index contributed by atoms with van der Waals surface area (Å²) >= 11 is 0. The molecule has 4 rings (SSSR count). The number of carbonyl (C=O) groups is 2. The van der Waals surface area contributed by atoms with E-state index < -0.39 is 0 Å². The second-order valence-electron chi connectivity index (χ2n) is 8.17. The highest BCUT2D eigenvalue weighted by atomic mass is 19.1. The number of hydrogen-bond donors (Lipinski definition) is 1. The van der Waals surface area contributed by atoms with Gasteiger partial charge in [0.1, 0.15) is 5.82 Å². The first-order valence-electron chi connectivity index (χ1n) is 11.1. The number of nitrogens with one attached hydrogen (secondary N) is 1. The molecule has 3 aromatic rings. The summed E-state index contributed by atoms with van der Waals surface area (Å²) in [6.07, 6.45) is 1.12. The lowest BCUT2D eigenvalue weighted by atomic mass is 10.1. The number of rotatable bonds is 6. The van der Waals surface area contributed by atoms with Crippen LogP contribution in [0.25, 0.3) is 10.8 Å². The number of benzene rings is 3. The summed E-state index contributed by atoms with van der Waals surface area (Å²) in [6, 6.07) is 20.3. The van der Waals surface area contributed by atoms with E-state index in [9.17, 15) is 14.0 Å². The quantitative estimate of drug-likeness (QED) is 0.643. The van der Waals surface area contributed by atoms with E-state index in [0.29, 0.717) is 43.9 Å². The van der Waals surface area contributed by atoms with Crippen LogP contribution < -0.4 is 5.32 Å². The van der Waals surface area contributed by atoms with Crippen LogP contribution in [0, 0.1) is 5.82 Å². The fourth-order valence-corrected chi connectivity index (χ4v) is 4.12. The van der Waals surface area contributed by atoms with E-state index in [4.69, 9.17) is 0 Å². The summed E-state index contributed by atoms with van der Waals surface area (Å²) < 4.78 is 13.9. The maximum atomic E-state index is 13.9. The highest BCUT2D eigenvalue weighted by Crippen LogP contribution is 2.16. The third kappa shape index (κ3) is 5.51. The first-order valence-corrected chi connectivity index (χ1v) is 11.1. The first kappa shape index (κ1) is 22.0. The van der Waals surface area contributed by atoms with Crippen molar-refractivity contribution in [2.45, 2.75) is 19.4 Å². The topological polar surface area (TPSA) is 52.7 Å². The Hall–Kier alpha value is -3.25. The van der Waals surface area contributed by atoms with Crippen molar-refractivity contribution < 1.29 is 14.0 Å². The van der Waals surface area contributed by atoms with E-state index in [1.807, 2.05) is 47.4 Å². The molecule has 6 heteroatoms. The molecule has 0 atom stereocenters. The minimum atomic E-state index is -0.188. The molecule has 1 aliphatic rings. The Morgan fingerprint density at radius 3 is 2.50 bits per heavy atom. The predicted molar refractivity (Wildman–Crippen MR) is 124 cm³/mol. The summed E-state index contributed by atoms with van der Waals surface area (Å²) in [6.45, 7) is 3.70. The third-order valence-electron chi connectivity index (χ3n) is 5.93. The van der Waals surface area contributed by atoms with Gasteiger partial charge in [0.15, 0.2) is 0 Å². The van der Waals surface area contributed by atoms with Crippen molar-refractivity contribution in [3.8, 4) is 0 Å².